The van der Waals surface area contributed by atoms with Gasteiger partial charge in [0.2, 0.25) is 5.91 Å². The predicted molar refractivity (Wildman–Crippen MR) is 102 cm³/mol. The second kappa shape index (κ2) is 7.66. The average molecular weight is 349 g/mol. The minimum Gasteiger partial charge on any atom is -0.325 e. The first-order valence-corrected chi connectivity index (χ1v) is 9.14. The Balaban J connectivity index is 1.28. The second-order valence-corrected chi connectivity index (χ2v) is 6.77. The third kappa shape index (κ3) is 3.75. The molecule has 0 aliphatic carbocycles. The summed E-state index contributed by atoms with van der Waals surface area (Å²) in [6.07, 6.45) is 5.99. The van der Waals surface area contributed by atoms with E-state index in [-0.39, 0.29) is 5.91 Å². The van der Waals surface area contributed by atoms with Crippen LogP contribution < -0.4 is 5.32 Å². The summed E-state index contributed by atoms with van der Waals surface area (Å²) in [6, 6.07) is 14.5. The monoisotopic (exact) mass is 349 g/mol. The number of likely N-dealkylation sites (tertiary alicyclic amines) is 1. The number of aromatic nitrogens is 3. The maximum atomic E-state index is 12.4. The number of nitrogens with zero attached hydrogens (tertiary/aromatic N) is 4. The highest BCUT2D eigenvalue weighted by Crippen LogP contribution is 2.24. The van der Waals surface area contributed by atoms with Crippen molar-refractivity contribution < 1.29 is 4.79 Å². The molecule has 2 heterocycles. The van der Waals surface area contributed by atoms with E-state index in [1.807, 2.05) is 35.0 Å². The third-order valence-corrected chi connectivity index (χ3v) is 5.09. The second-order valence-electron chi connectivity index (χ2n) is 6.77. The maximum absolute atomic E-state index is 12.4. The van der Waals surface area contributed by atoms with E-state index < -0.39 is 0 Å². The molecule has 2 aromatic carbocycles. The molecule has 0 unspecified atom stereocenters. The van der Waals surface area contributed by atoms with Crippen molar-refractivity contribution in [1.29, 1.82) is 0 Å². The largest absolute Gasteiger partial charge is 0.325 e. The molecule has 1 saturated heterocycles. The van der Waals surface area contributed by atoms with Gasteiger partial charge in [-0.2, -0.15) is 5.10 Å². The van der Waals surface area contributed by atoms with Gasteiger partial charge in [0.25, 0.3) is 0 Å². The van der Waals surface area contributed by atoms with Crippen molar-refractivity contribution in [3.8, 4) is 0 Å². The zero-order chi connectivity index (χ0) is 17.8. The topological polar surface area (TPSA) is 63.1 Å². The SMILES string of the molecule is O=C(CCN1CCC(n2cncn2)CC1)Nc1cccc2ccccc12. The summed E-state index contributed by atoms with van der Waals surface area (Å²) in [6.45, 7) is 2.78. The molecule has 0 radical (unpaired) electrons. The van der Waals surface area contributed by atoms with Crippen LogP contribution in [0.2, 0.25) is 0 Å². The first-order valence-electron chi connectivity index (χ1n) is 9.14. The standard InChI is InChI=1S/C20H23N5O/c26-20(23-19-7-3-5-16-4-1-2-6-18(16)19)10-13-24-11-8-17(9-12-24)25-15-21-14-22-25/h1-7,14-15,17H,8-13H2,(H,23,26). The van der Waals surface area contributed by atoms with Crippen LogP contribution in [0, 0.1) is 0 Å². The normalized spacial score (nSPS) is 16.0. The highest BCUT2D eigenvalue weighted by molar-refractivity contribution is 6.02. The summed E-state index contributed by atoms with van der Waals surface area (Å²) in [7, 11) is 0. The number of benzene rings is 2. The Bertz CT molecular complexity index is 864. The summed E-state index contributed by atoms with van der Waals surface area (Å²) in [5.74, 6) is 0.0692. The van der Waals surface area contributed by atoms with Gasteiger partial charge < -0.3 is 10.2 Å². The number of fused-ring (bicyclic) bond motifs is 1. The van der Waals surface area contributed by atoms with Gasteiger partial charge in [-0.1, -0.05) is 36.4 Å². The number of carbonyl (C=O) groups excluding carboxylic acids is 1. The maximum Gasteiger partial charge on any atom is 0.225 e. The van der Waals surface area contributed by atoms with E-state index in [0.29, 0.717) is 12.5 Å². The molecule has 26 heavy (non-hydrogen) atoms. The van der Waals surface area contributed by atoms with Crippen LogP contribution in [0.15, 0.2) is 55.1 Å². The lowest BCUT2D eigenvalue weighted by atomic mass is 10.1. The van der Waals surface area contributed by atoms with Crippen LogP contribution in [0.1, 0.15) is 25.3 Å². The number of rotatable bonds is 5. The molecule has 0 spiro atoms. The van der Waals surface area contributed by atoms with Crippen LogP contribution in [0.5, 0.6) is 0 Å². The fourth-order valence-electron chi connectivity index (χ4n) is 3.62. The van der Waals surface area contributed by atoms with Crippen molar-refractivity contribution >= 4 is 22.4 Å². The van der Waals surface area contributed by atoms with Crippen molar-refractivity contribution in [1.82, 2.24) is 19.7 Å². The van der Waals surface area contributed by atoms with E-state index in [0.717, 1.165) is 48.9 Å². The van der Waals surface area contributed by atoms with Gasteiger partial charge in [-0.3, -0.25) is 4.79 Å². The van der Waals surface area contributed by atoms with Gasteiger partial charge in [-0.15, -0.1) is 0 Å². The molecular weight excluding hydrogens is 326 g/mol. The molecule has 6 heteroatoms. The van der Waals surface area contributed by atoms with Crippen LogP contribution in [0.3, 0.4) is 0 Å². The zero-order valence-electron chi connectivity index (χ0n) is 14.7. The fraction of sp³-hybridized carbons (Fsp3) is 0.350. The molecule has 134 valence electrons. The van der Waals surface area contributed by atoms with Crippen LogP contribution in [-0.2, 0) is 4.79 Å². The molecule has 4 rings (SSSR count). The first kappa shape index (κ1) is 16.7. The fourth-order valence-corrected chi connectivity index (χ4v) is 3.62. The quantitative estimate of drug-likeness (QED) is 0.769. The van der Waals surface area contributed by atoms with Crippen molar-refractivity contribution in [2.24, 2.45) is 0 Å². The highest BCUT2D eigenvalue weighted by Gasteiger charge is 2.21. The highest BCUT2D eigenvalue weighted by atomic mass is 16.1. The van der Waals surface area contributed by atoms with Crippen LogP contribution >= 0.6 is 0 Å². The molecule has 6 nitrogen and oxygen atoms in total. The van der Waals surface area contributed by atoms with Gasteiger partial charge in [0.05, 0.1) is 6.04 Å². The molecule has 0 bridgehead atoms. The Morgan fingerprint density at radius 1 is 1.12 bits per heavy atom. The number of anilines is 1. The van der Waals surface area contributed by atoms with Crippen LogP contribution in [-0.4, -0.2) is 45.2 Å². The summed E-state index contributed by atoms with van der Waals surface area (Å²) < 4.78 is 1.95. The molecule has 1 amide bonds. The average Bonchev–Trinajstić information content (AvgIpc) is 3.22. The lowest BCUT2D eigenvalue weighted by Crippen LogP contribution is -2.36. The summed E-state index contributed by atoms with van der Waals surface area (Å²) in [5.41, 5.74) is 0.887. The van der Waals surface area contributed by atoms with E-state index in [1.165, 1.54) is 0 Å². The van der Waals surface area contributed by atoms with Gasteiger partial charge >= 0.3 is 0 Å². The Labute approximate surface area is 152 Å². The number of hydrogen-bond donors (Lipinski definition) is 1. The third-order valence-electron chi connectivity index (χ3n) is 5.09. The molecule has 1 N–H and O–H groups in total. The lowest BCUT2D eigenvalue weighted by Gasteiger charge is -2.31. The van der Waals surface area contributed by atoms with Crippen LogP contribution in [0.4, 0.5) is 5.69 Å². The molecule has 1 aliphatic heterocycles. The molecule has 1 fully saturated rings. The minimum atomic E-state index is 0.0692. The molecule has 0 atom stereocenters. The Morgan fingerprint density at radius 2 is 1.92 bits per heavy atom. The van der Waals surface area contributed by atoms with Crippen LogP contribution in [0.25, 0.3) is 10.8 Å². The van der Waals surface area contributed by atoms with E-state index in [4.69, 9.17) is 0 Å². The summed E-state index contributed by atoms with van der Waals surface area (Å²) in [4.78, 5) is 18.8. The number of carbonyl (C=O) groups is 1. The van der Waals surface area contributed by atoms with Gasteiger partial charge in [-0.25, -0.2) is 9.67 Å². The Kier molecular flexibility index (Phi) is 4.93. The number of piperidine rings is 1. The minimum absolute atomic E-state index is 0.0692. The molecule has 1 aromatic heterocycles. The van der Waals surface area contributed by atoms with E-state index >= 15 is 0 Å². The van der Waals surface area contributed by atoms with E-state index in [1.54, 1.807) is 12.7 Å². The molecule has 0 saturated carbocycles. The number of nitrogens with one attached hydrogen (secondary N) is 1. The smallest absolute Gasteiger partial charge is 0.225 e. The van der Waals surface area contributed by atoms with Gasteiger partial charge in [0.15, 0.2) is 0 Å². The summed E-state index contributed by atoms with van der Waals surface area (Å²) >= 11 is 0. The van der Waals surface area contributed by atoms with Gasteiger partial charge in [0, 0.05) is 37.1 Å². The molecule has 3 aromatic rings. The predicted octanol–water partition coefficient (Wildman–Crippen LogP) is 3.10. The number of amides is 1. The Hall–Kier alpha value is -2.73. The first-order chi connectivity index (χ1) is 12.8. The summed E-state index contributed by atoms with van der Waals surface area (Å²) in [5, 5.41) is 9.52. The van der Waals surface area contributed by atoms with E-state index in [2.05, 4.69) is 32.4 Å². The number of hydrogen-bond acceptors (Lipinski definition) is 4. The molecule has 1 aliphatic rings. The van der Waals surface area contributed by atoms with Gasteiger partial charge in [-0.05, 0) is 24.3 Å². The molecular formula is C20H23N5O. The Morgan fingerprint density at radius 3 is 2.73 bits per heavy atom. The van der Waals surface area contributed by atoms with Gasteiger partial charge in [0.1, 0.15) is 12.7 Å². The lowest BCUT2D eigenvalue weighted by molar-refractivity contribution is -0.116. The van der Waals surface area contributed by atoms with E-state index in [9.17, 15) is 4.79 Å². The van der Waals surface area contributed by atoms with Crippen molar-refractivity contribution in [3.05, 3.63) is 55.1 Å². The van der Waals surface area contributed by atoms with Crippen molar-refractivity contribution in [2.45, 2.75) is 25.3 Å². The zero-order valence-corrected chi connectivity index (χ0v) is 14.7. The van der Waals surface area contributed by atoms with Crippen molar-refractivity contribution in [2.75, 3.05) is 25.0 Å². The van der Waals surface area contributed by atoms with Crippen molar-refractivity contribution in [3.63, 3.8) is 0 Å².